The van der Waals surface area contributed by atoms with Gasteiger partial charge in [-0.25, -0.2) is 0 Å². The van der Waals surface area contributed by atoms with E-state index in [0.29, 0.717) is 0 Å². The zero-order valence-electron chi connectivity index (χ0n) is 10.2. The molecule has 2 heteroatoms. The lowest BCUT2D eigenvalue weighted by atomic mass is 10.1. The van der Waals surface area contributed by atoms with E-state index in [-0.39, 0.29) is 0 Å². The summed E-state index contributed by atoms with van der Waals surface area (Å²) < 4.78 is 0. The monoisotopic (exact) mass is 221 g/mol. The van der Waals surface area contributed by atoms with Crippen LogP contribution in [0, 0.1) is 0 Å². The molecule has 0 aliphatic heterocycles. The molecular weight excluding hydrogens is 196 g/mol. The Kier molecular flexibility index (Phi) is 7.74. The summed E-state index contributed by atoms with van der Waals surface area (Å²) in [5.74, 6) is 0. The smallest absolute Gasteiger partial charge is 0.101 e. The minimum atomic E-state index is 0.847. The third-order valence-corrected chi connectivity index (χ3v) is 2.84. The fraction of sp³-hybridized carbons (Fsp3) is 0.571. The Labute approximate surface area is 99.2 Å². The van der Waals surface area contributed by atoms with Crippen molar-refractivity contribution in [2.75, 3.05) is 13.1 Å². The standard InChI is InChI=1S/C14H24N2/c15-11-7-2-1-3-8-12-16-13-14-9-5-4-6-10-14/h4-6,9-10,16H,1-3,7-8,11-13,15H2/p+1. The fourth-order valence-electron chi connectivity index (χ4n) is 1.85. The van der Waals surface area contributed by atoms with Crippen LogP contribution in [0.15, 0.2) is 30.3 Å². The second kappa shape index (κ2) is 9.37. The number of rotatable bonds is 9. The van der Waals surface area contributed by atoms with Crippen LogP contribution >= 0.6 is 0 Å². The van der Waals surface area contributed by atoms with Crippen LogP contribution in [-0.2, 0) is 6.54 Å². The summed E-state index contributed by atoms with van der Waals surface area (Å²) in [4.78, 5) is 0. The molecule has 0 fully saturated rings. The SMILES string of the molecule is NCCCCCCC[NH2+]Cc1ccccc1. The van der Waals surface area contributed by atoms with Crippen molar-refractivity contribution < 1.29 is 5.32 Å². The third-order valence-electron chi connectivity index (χ3n) is 2.84. The number of unbranched alkanes of at least 4 members (excludes halogenated alkanes) is 4. The summed E-state index contributed by atoms with van der Waals surface area (Å²) in [7, 11) is 0. The van der Waals surface area contributed by atoms with Gasteiger partial charge in [-0.1, -0.05) is 43.2 Å². The van der Waals surface area contributed by atoms with E-state index in [2.05, 4.69) is 35.6 Å². The van der Waals surface area contributed by atoms with E-state index < -0.39 is 0 Å². The van der Waals surface area contributed by atoms with Crippen LogP contribution in [0.4, 0.5) is 0 Å². The normalized spacial score (nSPS) is 10.6. The first-order valence-electron chi connectivity index (χ1n) is 6.49. The molecule has 0 bridgehead atoms. The number of nitrogens with two attached hydrogens (primary N) is 2. The van der Waals surface area contributed by atoms with Gasteiger partial charge in [-0.3, -0.25) is 0 Å². The molecule has 0 radical (unpaired) electrons. The zero-order chi connectivity index (χ0) is 11.5. The van der Waals surface area contributed by atoms with Crippen LogP contribution < -0.4 is 11.1 Å². The van der Waals surface area contributed by atoms with Crippen LogP contribution in [0.1, 0.15) is 37.7 Å². The van der Waals surface area contributed by atoms with Crippen LogP contribution in [0.2, 0.25) is 0 Å². The molecule has 0 aliphatic carbocycles. The summed E-state index contributed by atoms with van der Waals surface area (Å²) in [5.41, 5.74) is 6.87. The van der Waals surface area contributed by atoms with Gasteiger partial charge in [0.1, 0.15) is 6.54 Å². The Morgan fingerprint density at radius 3 is 2.31 bits per heavy atom. The Hall–Kier alpha value is -0.860. The van der Waals surface area contributed by atoms with E-state index in [1.807, 2.05) is 0 Å². The lowest BCUT2D eigenvalue weighted by Gasteiger charge is -2.02. The van der Waals surface area contributed by atoms with Crippen molar-refractivity contribution >= 4 is 0 Å². The summed E-state index contributed by atoms with van der Waals surface area (Å²) in [6.45, 7) is 3.21. The highest BCUT2D eigenvalue weighted by molar-refractivity contribution is 5.12. The van der Waals surface area contributed by atoms with Crippen molar-refractivity contribution in [3.8, 4) is 0 Å². The summed E-state index contributed by atoms with van der Waals surface area (Å²) in [6, 6.07) is 10.7. The minimum Gasteiger partial charge on any atom is -0.343 e. The predicted molar refractivity (Wildman–Crippen MR) is 69.1 cm³/mol. The minimum absolute atomic E-state index is 0.847. The second-order valence-electron chi connectivity index (χ2n) is 4.32. The first-order chi connectivity index (χ1) is 7.93. The van der Waals surface area contributed by atoms with E-state index in [9.17, 15) is 0 Å². The molecule has 0 saturated heterocycles. The topological polar surface area (TPSA) is 42.6 Å². The first-order valence-corrected chi connectivity index (χ1v) is 6.49. The summed E-state index contributed by atoms with van der Waals surface area (Å²) in [5, 5.41) is 2.40. The largest absolute Gasteiger partial charge is 0.343 e. The molecule has 16 heavy (non-hydrogen) atoms. The van der Waals surface area contributed by atoms with E-state index in [1.54, 1.807) is 0 Å². The molecule has 0 heterocycles. The van der Waals surface area contributed by atoms with E-state index in [0.717, 1.165) is 13.1 Å². The Balaban J connectivity index is 1.89. The summed E-state index contributed by atoms with van der Waals surface area (Å²) >= 11 is 0. The molecular formula is C14H25N2+. The molecule has 1 rings (SSSR count). The highest BCUT2D eigenvalue weighted by atomic mass is 14.8. The Morgan fingerprint density at radius 1 is 0.875 bits per heavy atom. The fourth-order valence-corrected chi connectivity index (χ4v) is 1.85. The van der Waals surface area contributed by atoms with Crippen molar-refractivity contribution in [2.24, 2.45) is 5.73 Å². The van der Waals surface area contributed by atoms with Gasteiger partial charge in [0, 0.05) is 5.56 Å². The van der Waals surface area contributed by atoms with Crippen LogP contribution in [0.3, 0.4) is 0 Å². The van der Waals surface area contributed by atoms with E-state index >= 15 is 0 Å². The molecule has 0 unspecified atom stereocenters. The second-order valence-corrected chi connectivity index (χ2v) is 4.32. The predicted octanol–water partition coefficient (Wildman–Crippen LogP) is 1.66. The molecule has 0 amide bonds. The van der Waals surface area contributed by atoms with Gasteiger partial charge in [-0.15, -0.1) is 0 Å². The van der Waals surface area contributed by atoms with Gasteiger partial charge in [0.15, 0.2) is 0 Å². The molecule has 0 atom stereocenters. The maximum Gasteiger partial charge on any atom is 0.101 e. The quantitative estimate of drug-likeness (QED) is 0.612. The molecule has 0 aliphatic rings. The van der Waals surface area contributed by atoms with Crippen molar-refractivity contribution in [1.82, 2.24) is 0 Å². The lowest BCUT2D eigenvalue weighted by Crippen LogP contribution is -2.82. The van der Waals surface area contributed by atoms with E-state index in [4.69, 9.17) is 5.73 Å². The van der Waals surface area contributed by atoms with Crippen molar-refractivity contribution in [3.05, 3.63) is 35.9 Å². The Morgan fingerprint density at radius 2 is 1.56 bits per heavy atom. The molecule has 90 valence electrons. The highest BCUT2D eigenvalue weighted by Crippen LogP contribution is 2.00. The van der Waals surface area contributed by atoms with Gasteiger partial charge in [0.2, 0.25) is 0 Å². The van der Waals surface area contributed by atoms with Crippen LogP contribution in [0.25, 0.3) is 0 Å². The van der Waals surface area contributed by atoms with Crippen molar-refractivity contribution in [2.45, 2.75) is 38.6 Å². The molecule has 1 aromatic rings. The molecule has 0 spiro atoms. The average molecular weight is 221 g/mol. The molecule has 4 N–H and O–H groups in total. The van der Waals surface area contributed by atoms with Crippen molar-refractivity contribution in [3.63, 3.8) is 0 Å². The van der Waals surface area contributed by atoms with Crippen molar-refractivity contribution in [1.29, 1.82) is 0 Å². The maximum absolute atomic E-state index is 5.45. The number of hydrogen-bond donors (Lipinski definition) is 2. The number of hydrogen-bond acceptors (Lipinski definition) is 1. The highest BCUT2D eigenvalue weighted by Gasteiger charge is 1.94. The third kappa shape index (κ3) is 6.59. The van der Waals surface area contributed by atoms with Crippen LogP contribution in [0.5, 0.6) is 0 Å². The number of benzene rings is 1. The molecule has 0 saturated carbocycles. The van der Waals surface area contributed by atoms with Gasteiger partial charge in [-0.05, 0) is 25.8 Å². The molecule has 2 nitrogen and oxygen atoms in total. The Bertz CT molecular complexity index is 246. The first kappa shape index (κ1) is 13.2. The zero-order valence-corrected chi connectivity index (χ0v) is 10.2. The van der Waals surface area contributed by atoms with Crippen LogP contribution in [-0.4, -0.2) is 13.1 Å². The number of quaternary nitrogens is 1. The van der Waals surface area contributed by atoms with Gasteiger partial charge < -0.3 is 11.1 Å². The summed E-state index contributed by atoms with van der Waals surface area (Å²) in [6.07, 6.45) is 6.52. The van der Waals surface area contributed by atoms with Gasteiger partial charge in [0.25, 0.3) is 0 Å². The van der Waals surface area contributed by atoms with Gasteiger partial charge in [-0.2, -0.15) is 0 Å². The van der Waals surface area contributed by atoms with Gasteiger partial charge in [0.05, 0.1) is 6.54 Å². The maximum atomic E-state index is 5.45. The van der Waals surface area contributed by atoms with Gasteiger partial charge >= 0.3 is 0 Å². The lowest BCUT2D eigenvalue weighted by molar-refractivity contribution is -0.671. The molecule has 0 aromatic heterocycles. The molecule has 1 aromatic carbocycles. The average Bonchev–Trinajstić information content (AvgIpc) is 2.34. The van der Waals surface area contributed by atoms with E-state index in [1.165, 1.54) is 44.2 Å².